The molecule has 3 nitrogen and oxygen atoms in total. The first kappa shape index (κ1) is 15.8. The molecule has 0 bridgehead atoms. The van der Waals surface area contributed by atoms with E-state index in [1.54, 1.807) is 12.1 Å². The van der Waals surface area contributed by atoms with E-state index in [0.717, 1.165) is 6.54 Å². The monoisotopic (exact) mass is 305 g/mol. The van der Waals surface area contributed by atoms with E-state index in [9.17, 15) is 5.11 Å². The predicted molar refractivity (Wildman–Crippen MR) is 85.8 cm³/mol. The van der Waals surface area contributed by atoms with E-state index in [-0.39, 0.29) is 6.61 Å². The van der Waals surface area contributed by atoms with Gasteiger partial charge in [-0.2, -0.15) is 0 Å². The molecule has 112 valence electrons. The van der Waals surface area contributed by atoms with Gasteiger partial charge in [0.1, 0.15) is 18.5 Å². The summed E-state index contributed by atoms with van der Waals surface area (Å²) in [6.07, 6.45) is -0.561. The molecule has 1 atom stereocenters. The maximum atomic E-state index is 9.89. The van der Waals surface area contributed by atoms with Crippen LogP contribution in [-0.4, -0.2) is 24.4 Å². The highest BCUT2D eigenvalue weighted by molar-refractivity contribution is 6.30. The number of ether oxygens (including phenoxy) is 1. The summed E-state index contributed by atoms with van der Waals surface area (Å²) in [4.78, 5) is 0. The van der Waals surface area contributed by atoms with Gasteiger partial charge < -0.3 is 15.2 Å². The molecule has 0 aliphatic heterocycles. The topological polar surface area (TPSA) is 41.5 Å². The summed E-state index contributed by atoms with van der Waals surface area (Å²) >= 11 is 5.87. The van der Waals surface area contributed by atoms with Gasteiger partial charge in [-0.15, -0.1) is 0 Å². The maximum absolute atomic E-state index is 9.89. The van der Waals surface area contributed by atoms with E-state index in [2.05, 4.69) is 30.4 Å². The van der Waals surface area contributed by atoms with Crippen LogP contribution < -0.4 is 10.1 Å². The van der Waals surface area contributed by atoms with Crippen LogP contribution in [0.15, 0.2) is 48.5 Å². The van der Waals surface area contributed by atoms with Crippen LogP contribution in [0.3, 0.4) is 0 Å². The van der Waals surface area contributed by atoms with Crippen LogP contribution >= 0.6 is 11.6 Å². The van der Waals surface area contributed by atoms with Crippen LogP contribution in [0.5, 0.6) is 5.75 Å². The first-order chi connectivity index (χ1) is 10.1. The van der Waals surface area contributed by atoms with Crippen LogP contribution in [-0.2, 0) is 6.54 Å². The van der Waals surface area contributed by atoms with Crippen LogP contribution in [0, 0.1) is 6.92 Å². The number of nitrogens with one attached hydrogen (secondary N) is 1. The van der Waals surface area contributed by atoms with E-state index < -0.39 is 6.10 Å². The van der Waals surface area contributed by atoms with Crippen molar-refractivity contribution in [3.8, 4) is 5.75 Å². The molecule has 0 saturated carbocycles. The highest BCUT2D eigenvalue weighted by atomic mass is 35.5. The second-order valence-corrected chi connectivity index (χ2v) is 5.48. The van der Waals surface area contributed by atoms with Crippen LogP contribution in [0.25, 0.3) is 0 Å². The van der Waals surface area contributed by atoms with Crippen molar-refractivity contribution in [2.75, 3.05) is 13.2 Å². The molecule has 0 aliphatic rings. The Hall–Kier alpha value is -1.55. The van der Waals surface area contributed by atoms with E-state index in [4.69, 9.17) is 16.3 Å². The smallest absolute Gasteiger partial charge is 0.120 e. The van der Waals surface area contributed by atoms with Crippen molar-refractivity contribution in [1.29, 1.82) is 0 Å². The number of hydrogen-bond acceptors (Lipinski definition) is 3. The quantitative estimate of drug-likeness (QED) is 0.825. The Labute approximate surface area is 130 Å². The van der Waals surface area contributed by atoms with Gasteiger partial charge in [-0.3, -0.25) is 0 Å². The summed E-state index contributed by atoms with van der Waals surface area (Å²) in [7, 11) is 0. The van der Waals surface area contributed by atoms with Crippen molar-refractivity contribution in [3.05, 3.63) is 64.7 Å². The lowest BCUT2D eigenvalue weighted by Gasteiger charge is -2.13. The summed E-state index contributed by atoms with van der Waals surface area (Å²) < 4.78 is 5.50. The average Bonchev–Trinajstić information content (AvgIpc) is 2.45. The number of halogens is 1. The Morgan fingerprint density at radius 1 is 1.19 bits per heavy atom. The van der Waals surface area contributed by atoms with Gasteiger partial charge in [0.2, 0.25) is 0 Å². The second-order valence-electron chi connectivity index (χ2n) is 5.04. The lowest BCUT2D eigenvalue weighted by Crippen LogP contribution is -2.31. The van der Waals surface area contributed by atoms with Crippen LogP contribution in [0.1, 0.15) is 11.1 Å². The summed E-state index contributed by atoms with van der Waals surface area (Å²) in [5, 5.41) is 13.7. The number of aliphatic hydroxyl groups is 1. The molecular weight excluding hydrogens is 286 g/mol. The van der Waals surface area contributed by atoms with Crippen molar-refractivity contribution in [2.24, 2.45) is 0 Å². The van der Waals surface area contributed by atoms with E-state index >= 15 is 0 Å². The lowest BCUT2D eigenvalue weighted by molar-refractivity contribution is 0.106. The molecule has 0 radical (unpaired) electrons. The van der Waals surface area contributed by atoms with Gasteiger partial charge in [-0.1, -0.05) is 47.5 Å². The fourth-order valence-electron chi connectivity index (χ4n) is 2.01. The normalized spacial score (nSPS) is 12.1. The minimum absolute atomic E-state index is 0.237. The molecule has 0 amide bonds. The highest BCUT2D eigenvalue weighted by Gasteiger charge is 2.05. The van der Waals surface area contributed by atoms with Crippen molar-refractivity contribution in [3.63, 3.8) is 0 Å². The molecule has 4 heteroatoms. The minimum Gasteiger partial charge on any atom is -0.491 e. The highest BCUT2D eigenvalue weighted by Crippen LogP contribution is 2.17. The SMILES string of the molecule is Cc1cccc(CNCC(O)COc2cccc(Cl)c2)c1. The molecule has 0 spiro atoms. The number of aryl methyl sites for hydroxylation is 1. The first-order valence-electron chi connectivity index (χ1n) is 6.96. The fourth-order valence-corrected chi connectivity index (χ4v) is 2.19. The van der Waals surface area contributed by atoms with Crippen molar-refractivity contribution >= 4 is 11.6 Å². The summed E-state index contributed by atoms with van der Waals surface area (Å²) in [5.74, 6) is 0.667. The third kappa shape index (κ3) is 5.76. The number of benzene rings is 2. The Balaban J connectivity index is 1.69. The Kier molecular flexibility index (Phi) is 6.05. The van der Waals surface area contributed by atoms with Gasteiger partial charge in [0.05, 0.1) is 0 Å². The van der Waals surface area contributed by atoms with Crippen LogP contribution in [0.2, 0.25) is 5.02 Å². The zero-order valence-electron chi connectivity index (χ0n) is 12.1. The molecular formula is C17H20ClNO2. The van der Waals surface area contributed by atoms with Gasteiger partial charge in [-0.05, 0) is 30.7 Å². The van der Waals surface area contributed by atoms with E-state index in [1.807, 2.05) is 18.2 Å². The van der Waals surface area contributed by atoms with Gasteiger partial charge in [-0.25, -0.2) is 0 Å². The summed E-state index contributed by atoms with van der Waals surface area (Å²) in [6, 6.07) is 15.4. The van der Waals surface area contributed by atoms with E-state index in [1.165, 1.54) is 11.1 Å². The maximum Gasteiger partial charge on any atom is 0.120 e. The minimum atomic E-state index is -0.561. The summed E-state index contributed by atoms with van der Waals surface area (Å²) in [6.45, 7) is 3.52. The lowest BCUT2D eigenvalue weighted by atomic mass is 10.1. The zero-order valence-corrected chi connectivity index (χ0v) is 12.8. The molecule has 1 unspecified atom stereocenters. The molecule has 0 aromatic heterocycles. The third-order valence-electron chi connectivity index (χ3n) is 3.03. The molecule has 0 fully saturated rings. The Bertz CT molecular complexity index is 574. The number of hydrogen-bond donors (Lipinski definition) is 2. The Morgan fingerprint density at radius 3 is 2.76 bits per heavy atom. The van der Waals surface area contributed by atoms with Gasteiger partial charge >= 0.3 is 0 Å². The third-order valence-corrected chi connectivity index (χ3v) is 3.27. The standard InChI is InChI=1S/C17H20ClNO2/c1-13-4-2-5-14(8-13)10-19-11-16(20)12-21-17-7-3-6-15(18)9-17/h2-9,16,19-20H,10-12H2,1H3. The summed E-state index contributed by atoms with van der Waals surface area (Å²) in [5.41, 5.74) is 2.44. The van der Waals surface area contributed by atoms with Gasteiger partial charge in [0, 0.05) is 18.1 Å². The predicted octanol–water partition coefficient (Wildman–Crippen LogP) is 3.18. The van der Waals surface area contributed by atoms with Crippen molar-refractivity contribution < 1.29 is 9.84 Å². The number of rotatable bonds is 7. The van der Waals surface area contributed by atoms with Gasteiger partial charge in [0.15, 0.2) is 0 Å². The fraction of sp³-hybridized carbons (Fsp3) is 0.294. The van der Waals surface area contributed by atoms with Gasteiger partial charge in [0.25, 0.3) is 0 Å². The second kappa shape index (κ2) is 8.03. The zero-order chi connectivity index (χ0) is 15.1. The number of aliphatic hydroxyl groups excluding tert-OH is 1. The van der Waals surface area contributed by atoms with Crippen molar-refractivity contribution in [1.82, 2.24) is 5.32 Å². The molecule has 2 N–H and O–H groups in total. The molecule has 0 saturated heterocycles. The molecule has 2 aromatic carbocycles. The molecule has 0 aliphatic carbocycles. The van der Waals surface area contributed by atoms with E-state index in [0.29, 0.717) is 17.3 Å². The van der Waals surface area contributed by atoms with Crippen LogP contribution in [0.4, 0.5) is 0 Å². The molecule has 2 rings (SSSR count). The molecule has 0 heterocycles. The first-order valence-corrected chi connectivity index (χ1v) is 7.34. The largest absolute Gasteiger partial charge is 0.491 e. The Morgan fingerprint density at radius 2 is 2.00 bits per heavy atom. The van der Waals surface area contributed by atoms with Crippen molar-refractivity contribution in [2.45, 2.75) is 19.6 Å². The molecule has 21 heavy (non-hydrogen) atoms. The average molecular weight is 306 g/mol. The molecule has 2 aromatic rings.